The second-order valence-corrected chi connectivity index (χ2v) is 7.80. The standard InChI is InChI=1S/C24H42N2O2.ClH/c1-3-5-6-7-8-9-10-11-15-18-23(28)26-24(19-4-2,25-20-21-27)22-16-13-12-14-17-22;/h12-14,16-17,25,27H,3-11,15,18-21H2,1-2H3,(H,26,28);1H. The van der Waals surface area contributed by atoms with Crippen LogP contribution in [0.3, 0.4) is 0 Å². The summed E-state index contributed by atoms with van der Waals surface area (Å²) in [6.45, 7) is 4.86. The van der Waals surface area contributed by atoms with E-state index in [1.807, 2.05) is 30.3 Å². The van der Waals surface area contributed by atoms with E-state index in [2.05, 4.69) is 24.5 Å². The molecule has 0 heterocycles. The summed E-state index contributed by atoms with van der Waals surface area (Å²) >= 11 is 0. The summed E-state index contributed by atoms with van der Waals surface area (Å²) in [5, 5.41) is 15.9. The molecule has 0 bridgehead atoms. The van der Waals surface area contributed by atoms with E-state index in [4.69, 9.17) is 0 Å². The van der Waals surface area contributed by atoms with Gasteiger partial charge in [0.05, 0.1) is 6.61 Å². The maximum Gasteiger partial charge on any atom is 0.221 e. The Balaban J connectivity index is 0.00000784. The zero-order valence-electron chi connectivity index (χ0n) is 18.5. The zero-order valence-corrected chi connectivity index (χ0v) is 19.4. The average Bonchev–Trinajstić information content (AvgIpc) is 2.71. The monoisotopic (exact) mass is 426 g/mol. The molecule has 1 rings (SSSR count). The van der Waals surface area contributed by atoms with Gasteiger partial charge in [0.2, 0.25) is 5.91 Å². The van der Waals surface area contributed by atoms with Gasteiger partial charge in [0.15, 0.2) is 0 Å². The van der Waals surface area contributed by atoms with Crippen molar-refractivity contribution >= 4 is 18.3 Å². The molecule has 0 saturated heterocycles. The molecule has 0 radical (unpaired) electrons. The number of hydrogen-bond acceptors (Lipinski definition) is 3. The minimum Gasteiger partial charge on any atom is -0.395 e. The number of amides is 1. The van der Waals surface area contributed by atoms with Gasteiger partial charge in [0.25, 0.3) is 0 Å². The molecule has 4 nitrogen and oxygen atoms in total. The largest absolute Gasteiger partial charge is 0.395 e. The number of unbranched alkanes of at least 4 members (excludes halogenated alkanes) is 8. The number of halogens is 1. The molecule has 1 atom stereocenters. The molecule has 0 aliphatic carbocycles. The van der Waals surface area contributed by atoms with E-state index in [0.29, 0.717) is 13.0 Å². The Labute approximate surface area is 184 Å². The van der Waals surface area contributed by atoms with Gasteiger partial charge >= 0.3 is 0 Å². The van der Waals surface area contributed by atoms with Crippen molar-refractivity contribution in [3.63, 3.8) is 0 Å². The summed E-state index contributed by atoms with van der Waals surface area (Å²) < 4.78 is 0. The molecule has 0 aromatic heterocycles. The molecular weight excluding hydrogens is 384 g/mol. The van der Waals surface area contributed by atoms with E-state index in [-0.39, 0.29) is 24.9 Å². The Kier molecular flexibility index (Phi) is 17.1. The molecule has 1 unspecified atom stereocenters. The predicted molar refractivity (Wildman–Crippen MR) is 125 cm³/mol. The lowest BCUT2D eigenvalue weighted by atomic mass is 9.93. The fourth-order valence-electron chi connectivity index (χ4n) is 3.78. The fraction of sp³-hybridized carbons (Fsp3) is 0.708. The van der Waals surface area contributed by atoms with Gasteiger partial charge in [0.1, 0.15) is 5.66 Å². The van der Waals surface area contributed by atoms with Gasteiger partial charge in [0, 0.05) is 13.0 Å². The molecular formula is C24H43ClN2O2. The van der Waals surface area contributed by atoms with Gasteiger partial charge in [-0.25, -0.2) is 0 Å². The van der Waals surface area contributed by atoms with Crippen molar-refractivity contribution < 1.29 is 9.90 Å². The first kappa shape index (κ1) is 27.9. The van der Waals surface area contributed by atoms with Crippen LogP contribution in [0.25, 0.3) is 0 Å². The number of aliphatic hydroxyl groups is 1. The summed E-state index contributed by atoms with van der Waals surface area (Å²) in [7, 11) is 0. The Morgan fingerprint density at radius 1 is 0.897 bits per heavy atom. The van der Waals surface area contributed by atoms with E-state index >= 15 is 0 Å². The number of benzene rings is 1. The molecule has 0 aliphatic heterocycles. The van der Waals surface area contributed by atoms with E-state index in [1.165, 1.54) is 44.9 Å². The lowest BCUT2D eigenvalue weighted by molar-refractivity contribution is -0.124. The zero-order chi connectivity index (χ0) is 20.5. The first-order chi connectivity index (χ1) is 13.7. The summed E-state index contributed by atoms with van der Waals surface area (Å²) in [5.41, 5.74) is 0.445. The van der Waals surface area contributed by atoms with Crippen molar-refractivity contribution in [2.24, 2.45) is 0 Å². The summed E-state index contributed by atoms with van der Waals surface area (Å²) in [6, 6.07) is 10.0. The molecule has 5 heteroatoms. The van der Waals surface area contributed by atoms with E-state index in [9.17, 15) is 9.90 Å². The highest BCUT2D eigenvalue weighted by molar-refractivity contribution is 5.85. The van der Waals surface area contributed by atoms with Crippen molar-refractivity contribution in [2.75, 3.05) is 13.2 Å². The molecule has 0 fully saturated rings. The number of carbonyl (C=O) groups excluding carboxylic acids is 1. The lowest BCUT2D eigenvalue weighted by Crippen LogP contribution is -2.56. The van der Waals surface area contributed by atoms with E-state index in [1.54, 1.807) is 0 Å². The van der Waals surface area contributed by atoms with Crippen molar-refractivity contribution in [3.05, 3.63) is 35.9 Å². The molecule has 1 amide bonds. The molecule has 1 aromatic rings. The number of rotatable bonds is 17. The number of hydrogen-bond donors (Lipinski definition) is 3. The molecule has 3 N–H and O–H groups in total. The third kappa shape index (κ3) is 11.6. The van der Waals surface area contributed by atoms with Gasteiger partial charge in [-0.1, -0.05) is 102 Å². The summed E-state index contributed by atoms with van der Waals surface area (Å²) in [4.78, 5) is 12.7. The molecule has 29 heavy (non-hydrogen) atoms. The highest BCUT2D eigenvalue weighted by atomic mass is 35.5. The van der Waals surface area contributed by atoms with Crippen molar-refractivity contribution in [2.45, 2.75) is 96.6 Å². The van der Waals surface area contributed by atoms with Crippen molar-refractivity contribution in [1.82, 2.24) is 10.6 Å². The van der Waals surface area contributed by atoms with Crippen LogP contribution in [-0.4, -0.2) is 24.2 Å². The second-order valence-electron chi connectivity index (χ2n) is 7.80. The van der Waals surface area contributed by atoms with Crippen LogP contribution in [0.2, 0.25) is 0 Å². The van der Waals surface area contributed by atoms with Gasteiger partial charge in [-0.3, -0.25) is 10.1 Å². The average molecular weight is 427 g/mol. The summed E-state index contributed by atoms with van der Waals surface area (Å²) in [6.07, 6.45) is 13.5. The third-order valence-corrected chi connectivity index (χ3v) is 5.29. The topological polar surface area (TPSA) is 61.4 Å². The van der Waals surface area contributed by atoms with Crippen LogP contribution in [0, 0.1) is 0 Å². The summed E-state index contributed by atoms with van der Waals surface area (Å²) in [5.74, 6) is 0.0886. The minimum absolute atomic E-state index is 0. The van der Waals surface area contributed by atoms with Gasteiger partial charge in [-0.05, 0) is 18.4 Å². The maximum absolute atomic E-state index is 12.7. The smallest absolute Gasteiger partial charge is 0.221 e. The SMILES string of the molecule is CCCCCCCCCCCC(=O)NC(CCC)(NCCO)c1ccccc1.Cl. The van der Waals surface area contributed by atoms with Crippen LogP contribution >= 0.6 is 12.4 Å². The van der Waals surface area contributed by atoms with Crippen LogP contribution in [0.4, 0.5) is 0 Å². The number of carbonyl (C=O) groups is 1. The lowest BCUT2D eigenvalue weighted by Gasteiger charge is -2.36. The minimum atomic E-state index is -0.602. The van der Waals surface area contributed by atoms with E-state index in [0.717, 1.165) is 31.2 Å². The predicted octanol–water partition coefficient (Wildman–Crippen LogP) is 5.68. The van der Waals surface area contributed by atoms with Gasteiger partial charge in [-0.2, -0.15) is 0 Å². The van der Waals surface area contributed by atoms with Crippen LogP contribution in [0.15, 0.2) is 30.3 Å². The van der Waals surface area contributed by atoms with Crippen LogP contribution in [0.1, 0.15) is 96.5 Å². The molecule has 0 spiro atoms. The highest BCUT2D eigenvalue weighted by Crippen LogP contribution is 2.24. The van der Waals surface area contributed by atoms with Gasteiger partial charge < -0.3 is 10.4 Å². The molecule has 1 aromatic carbocycles. The fourth-order valence-corrected chi connectivity index (χ4v) is 3.78. The van der Waals surface area contributed by atoms with Crippen molar-refractivity contribution in [3.8, 4) is 0 Å². The van der Waals surface area contributed by atoms with Crippen LogP contribution < -0.4 is 10.6 Å². The Morgan fingerprint density at radius 2 is 1.48 bits per heavy atom. The first-order valence-corrected chi connectivity index (χ1v) is 11.4. The molecule has 0 saturated carbocycles. The number of aliphatic hydroxyl groups excluding tert-OH is 1. The van der Waals surface area contributed by atoms with Crippen LogP contribution in [0.5, 0.6) is 0 Å². The third-order valence-electron chi connectivity index (χ3n) is 5.29. The quantitative estimate of drug-likeness (QED) is 0.222. The Bertz CT molecular complexity index is 513. The first-order valence-electron chi connectivity index (χ1n) is 11.4. The van der Waals surface area contributed by atoms with Gasteiger partial charge in [-0.15, -0.1) is 12.4 Å². The second kappa shape index (κ2) is 17.7. The molecule has 168 valence electrons. The normalized spacial score (nSPS) is 12.8. The molecule has 0 aliphatic rings. The number of nitrogens with one attached hydrogen (secondary N) is 2. The van der Waals surface area contributed by atoms with Crippen molar-refractivity contribution in [1.29, 1.82) is 0 Å². The Morgan fingerprint density at radius 3 is 2.03 bits per heavy atom. The Hall–Kier alpha value is -1.10. The highest BCUT2D eigenvalue weighted by Gasteiger charge is 2.32. The van der Waals surface area contributed by atoms with E-state index < -0.39 is 5.66 Å². The van der Waals surface area contributed by atoms with Crippen LogP contribution in [-0.2, 0) is 10.5 Å². The maximum atomic E-state index is 12.7.